The minimum absolute atomic E-state index is 0.109. The molecule has 146 valence electrons. The molecule has 1 aromatic heterocycles. The number of para-hydroxylation sites is 1. The quantitative estimate of drug-likeness (QED) is 0.687. The zero-order chi connectivity index (χ0) is 20.3. The lowest BCUT2D eigenvalue weighted by Crippen LogP contribution is -2.39. The van der Waals surface area contributed by atoms with Gasteiger partial charge in [-0.25, -0.2) is 4.68 Å². The van der Waals surface area contributed by atoms with Crippen molar-refractivity contribution in [3.8, 4) is 17.0 Å². The molecule has 0 saturated carbocycles. The molecular formula is C22H26N4O2. The molecule has 0 radical (unpaired) electrons. The number of phenols is 1. The van der Waals surface area contributed by atoms with Crippen molar-refractivity contribution < 1.29 is 9.90 Å². The molecule has 0 unspecified atom stereocenters. The number of phenolic OH excluding ortho intramolecular Hbond substituents is 1. The van der Waals surface area contributed by atoms with Crippen molar-refractivity contribution in [2.24, 2.45) is 5.41 Å². The molecule has 1 heterocycles. The summed E-state index contributed by atoms with van der Waals surface area (Å²) in [4.78, 5) is 12.7. The highest BCUT2D eigenvalue weighted by Gasteiger charge is 2.29. The van der Waals surface area contributed by atoms with Crippen LogP contribution in [0.3, 0.4) is 0 Å². The van der Waals surface area contributed by atoms with Crippen LogP contribution >= 0.6 is 0 Å². The Bertz CT molecular complexity index is 974. The van der Waals surface area contributed by atoms with E-state index in [0.717, 1.165) is 17.0 Å². The summed E-state index contributed by atoms with van der Waals surface area (Å²) in [6.07, 6.45) is 0. The summed E-state index contributed by atoms with van der Waals surface area (Å²) in [5, 5.41) is 21.3. The van der Waals surface area contributed by atoms with E-state index in [9.17, 15) is 9.90 Å². The van der Waals surface area contributed by atoms with Crippen LogP contribution in [0.1, 0.15) is 30.7 Å². The molecule has 1 amide bonds. The van der Waals surface area contributed by atoms with Gasteiger partial charge in [-0.15, -0.1) is 5.10 Å². The van der Waals surface area contributed by atoms with E-state index in [2.05, 4.69) is 15.6 Å². The van der Waals surface area contributed by atoms with Gasteiger partial charge in [-0.3, -0.25) is 4.79 Å². The second-order valence-electron chi connectivity index (χ2n) is 7.74. The number of hydrogen-bond acceptors (Lipinski definition) is 4. The van der Waals surface area contributed by atoms with Crippen molar-refractivity contribution in [1.29, 1.82) is 0 Å². The number of amides is 1. The Labute approximate surface area is 165 Å². The van der Waals surface area contributed by atoms with Gasteiger partial charge in [0, 0.05) is 17.7 Å². The standard InChI is InChI=1S/C22H26N4O2/c1-15-9-11-17(12-10-15)20-16(2)26(25-24-20)14-22(3,4)21(28)23-13-18-7-5-6-8-19(18)27/h5-12,27H,13-14H2,1-4H3,(H,23,28). The molecule has 0 aliphatic heterocycles. The molecule has 0 spiro atoms. The Balaban J connectivity index is 1.70. The van der Waals surface area contributed by atoms with Gasteiger partial charge in [0.15, 0.2) is 0 Å². The van der Waals surface area contributed by atoms with E-state index < -0.39 is 5.41 Å². The third-order valence-electron chi connectivity index (χ3n) is 4.90. The number of carbonyl (C=O) groups is 1. The van der Waals surface area contributed by atoms with Gasteiger partial charge < -0.3 is 10.4 Å². The average molecular weight is 378 g/mol. The van der Waals surface area contributed by atoms with Crippen LogP contribution in [-0.4, -0.2) is 26.0 Å². The van der Waals surface area contributed by atoms with Gasteiger partial charge in [0.1, 0.15) is 11.4 Å². The third kappa shape index (κ3) is 4.22. The Morgan fingerprint density at radius 2 is 1.79 bits per heavy atom. The molecule has 0 bridgehead atoms. The summed E-state index contributed by atoms with van der Waals surface area (Å²) in [6, 6.07) is 15.1. The first-order chi connectivity index (χ1) is 13.3. The fourth-order valence-electron chi connectivity index (χ4n) is 3.01. The van der Waals surface area contributed by atoms with Gasteiger partial charge in [-0.2, -0.15) is 0 Å². The molecule has 3 aromatic rings. The first kappa shape index (κ1) is 19.6. The van der Waals surface area contributed by atoms with Gasteiger partial charge in [0.2, 0.25) is 5.91 Å². The SMILES string of the molecule is Cc1ccc(-c2nnn(CC(C)(C)C(=O)NCc3ccccc3O)c2C)cc1. The first-order valence-electron chi connectivity index (χ1n) is 9.30. The second-order valence-corrected chi connectivity index (χ2v) is 7.74. The smallest absolute Gasteiger partial charge is 0.227 e. The van der Waals surface area contributed by atoms with E-state index in [1.807, 2.05) is 58.0 Å². The number of hydrogen-bond donors (Lipinski definition) is 2. The van der Waals surface area contributed by atoms with Crippen molar-refractivity contribution in [2.75, 3.05) is 0 Å². The van der Waals surface area contributed by atoms with Crippen LogP contribution in [0.25, 0.3) is 11.3 Å². The van der Waals surface area contributed by atoms with Crippen LogP contribution in [0.15, 0.2) is 48.5 Å². The van der Waals surface area contributed by atoms with Crippen molar-refractivity contribution in [1.82, 2.24) is 20.3 Å². The van der Waals surface area contributed by atoms with Crippen molar-refractivity contribution in [3.63, 3.8) is 0 Å². The van der Waals surface area contributed by atoms with Crippen LogP contribution in [-0.2, 0) is 17.9 Å². The van der Waals surface area contributed by atoms with Gasteiger partial charge in [-0.1, -0.05) is 53.2 Å². The topological polar surface area (TPSA) is 80.0 Å². The van der Waals surface area contributed by atoms with E-state index >= 15 is 0 Å². The van der Waals surface area contributed by atoms with Crippen LogP contribution in [0.2, 0.25) is 0 Å². The van der Waals surface area contributed by atoms with E-state index in [0.29, 0.717) is 12.1 Å². The molecule has 28 heavy (non-hydrogen) atoms. The number of aromatic hydroxyl groups is 1. The number of aromatic nitrogens is 3. The molecule has 0 fully saturated rings. The molecule has 0 atom stereocenters. The highest BCUT2D eigenvalue weighted by Crippen LogP contribution is 2.25. The van der Waals surface area contributed by atoms with Gasteiger partial charge in [-0.05, 0) is 33.8 Å². The predicted octanol–water partition coefficient (Wildman–Crippen LogP) is 3.61. The van der Waals surface area contributed by atoms with Crippen LogP contribution in [0.5, 0.6) is 5.75 Å². The number of nitrogens with one attached hydrogen (secondary N) is 1. The molecule has 0 aliphatic carbocycles. The Kier molecular flexibility index (Phi) is 5.49. The zero-order valence-electron chi connectivity index (χ0n) is 16.7. The zero-order valence-corrected chi connectivity index (χ0v) is 16.7. The molecule has 0 saturated heterocycles. The minimum atomic E-state index is -0.687. The van der Waals surface area contributed by atoms with Crippen LogP contribution in [0.4, 0.5) is 0 Å². The number of aryl methyl sites for hydroxylation is 1. The highest BCUT2D eigenvalue weighted by atomic mass is 16.3. The Morgan fingerprint density at radius 3 is 2.46 bits per heavy atom. The summed E-state index contributed by atoms with van der Waals surface area (Å²) in [6.45, 7) is 8.44. The molecule has 2 N–H and O–H groups in total. The normalized spacial score (nSPS) is 11.4. The fraction of sp³-hybridized carbons (Fsp3) is 0.318. The maximum Gasteiger partial charge on any atom is 0.227 e. The van der Waals surface area contributed by atoms with Gasteiger partial charge in [0.05, 0.1) is 17.7 Å². The number of benzene rings is 2. The number of nitrogens with zero attached hydrogens (tertiary/aromatic N) is 3. The fourth-order valence-corrected chi connectivity index (χ4v) is 3.01. The molecule has 6 nitrogen and oxygen atoms in total. The lowest BCUT2D eigenvalue weighted by molar-refractivity contribution is -0.130. The van der Waals surface area contributed by atoms with Crippen LogP contribution < -0.4 is 5.32 Å². The molecule has 6 heteroatoms. The largest absolute Gasteiger partial charge is 0.508 e. The summed E-state index contributed by atoms with van der Waals surface area (Å²) in [5.74, 6) is 0.0676. The molecule has 0 aliphatic rings. The second kappa shape index (κ2) is 7.84. The number of carbonyl (C=O) groups excluding carboxylic acids is 1. The maximum atomic E-state index is 12.7. The third-order valence-corrected chi connectivity index (χ3v) is 4.90. The van der Waals surface area contributed by atoms with Crippen molar-refractivity contribution in [3.05, 3.63) is 65.4 Å². The Morgan fingerprint density at radius 1 is 1.11 bits per heavy atom. The van der Waals surface area contributed by atoms with E-state index in [-0.39, 0.29) is 18.2 Å². The summed E-state index contributed by atoms with van der Waals surface area (Å²) >= 11 is 0. The summed E-state index contributed by atoms with van der Waals surface area (Å²) in [5.41, 5.74) is 3.95. The van der Waals surface area contributed by atoms with Crippen molar-refractivity contribution >= 4 is 5.91 Å². The maximum absolute atomic E-state index is 12.7. The monoisotopic (exact) mass is 378 g/mol. The van der Waals surface area contributed by atoms with E-state index in [1.54, 1.807) is 22.9 Å². The predicted molar refractivity (Wildman–Crippen MR) is 109 cm³/mol. The summed E-state index contributed by atoms with van der Waals surface area (Å²) in [7, 11) is 0. The lowest BCUT2D eigenvalue weighted by atomic mass is 9.92. The van der Waals surface area contributed by atoms with Crippen LogP contribution in [0, 0.1) is 19.3 Å². The van der Waals surface area contributed by atoms with E-state index in [4.69, 9.17) is 0 Å². The number of rotatable bonds is 6. The van der Waals surface area contributed by atoms with Gasteiger partial charge >= 0.3 is 0 Å². The average Bonchev–Trinajstić information content (AvgIpc) is 3.01. The van der Waals surface area contributed by atoms with Gasteiger partial charge in [0.25, 0.3) is 0 Å². The lowest BCUT2D eigenvalue weighted by Gasteiger charge is -2.24. The molecular weight excluding hydrogens is 352 g/mol. The minimum Gasteiger partial charge on any atom is -0.508 e. The first-order valence-corrected chi connectivity index (χ1v) is 9.30. The summed E-state index contributed by atoms with van der Waals surface area (Å²) < 4.78 is 1.77. The van der Waals surface area contributed by atoms with Crippen molar-refractivity contribution in [2.45, 2.75) is 40.8 Å². The Hall–Kier alpha value is -3.15. The highest BCUT2D eigenvalue weighted by molar-refractivity contribution is 5.81. The molecule has 2 aromatic carbocycles. The molecule has 3 rings (SSSR count). The van der Waals surface area contributed by atoms with E-state index in [1.165, 1.54) is 5.56 Å².